The molecule has 4 rings (SSSR count). The molecule has 1 atom stereocenters. The molecule has 1 amide bonds. The lowest BCUT2D eigenvalue weighted by atomic mass is 10.2. The first-order valence-corrected chi connectivity index (χ1v) is 11.1. The number of aromatic nitrogens is 3. The van der Waals surface area contributed by atoms with Crippen molar-refractivity contribution >= 4 is 29.0 Å². The van der Waals surface area contributed by atoms with Crippen LogP contribution in [0.4, 0.5) is 11.4 Å². The second kappa shape index (κ2) is 9.66. The van der Waals surface area contributed by atoms with Gasteiger partial charge in [0.05, 0.1) is 10.2 Å². The maximum Gasteiger partial charge on any atom is 0.269 e. The lowest BCUT2D eigenvalue weighted by Crippen LogP contribution is -2.23. The number of nitrogens with one attached hydrogen (secondary N) is 1. The zero-order valence-electron chi connectivity index (χ0n) is 18.0. The third kappa shape index (κ3) is 4.93. The van der Waals surface area contributed by atoms with Crippen LogP contribution in [0, 0.1) is 17.0 Å². The average Bonchev–Trinajstić information content (AvgIpc) is 3.24. The van der Waals surface area contributed by atoms with Crippen molar-refractivity contribution < 1.29 is 9.72 Å². The van der Waals surface area contributed by atoms with E-state index in [2.05, 4.69) is 15.5 Å². The van der Waals surface area contributed by atoms with Crippen LogP contribution in [0.15, 0.2) is 84.0 Å². The number of thioether (sulfide) groups is 1. The summed E-state index contributed by atoms with van der Waals surface area (Å²) >= 11 is 1.29. The number of aryl methyl sites for hydroxylation is 1. The van der Waals surface area contributed by atoms with E-state index in [9.17, 15) is 14.9 Å². The van der Waals surface area contributed by atoms with Crippen LogP contribution in [0.1, 0.15) is 12.5 Å². The molecule has 0 saturated carbocycles. The molecule has 1 N–H and O–H groups in total. The Hall–Kier alpha value is -3.98. The molecule has 0 aliphatic carbocycles. The highest BCUT2D eigenvalue weighted by molar-refractivity contribution is 8.00. The summed E-state index contributed by atoms with van der Waals surface area (Å²) in [5, 5.41) is 22.7. The third-order valence-electron chi connectivity index (χ3n) is 5.04. The number of amides is 1. The number of carbonyl (C=O) groups excluding carboxylic acids is 1. The first-order valence-electron chi connectivity index (χ1n) is 10.2. The summed E-state index contributed by atoms with van der Waals surface area (Å²) in [6, 6.07) is 23.3. The molecule has 0 unspecified atom stereocenters. The number of carbonyl (C=O) groups is 1. The fraction of sp³-hybridized carbons (Fsp3) is 0.125. The molecule has 0 fully saturated rings. The summed E-state index contributed by atoms with van der Waals surface area (Å²) in [5.41, 5.74) is 3.26. The van der Waals surface area contributed by atoms with Gasteiger partial charge in [0, 0.05) is 29.1 Å². The monoisotopic (exact) mass is 459 g/mol. The minimum absolute atomic E-state index is 0.000577. The number of anilines is 1. The van der Waals surface area contributed by atoms with E-state index in [1.54, 1.807) is 12.1 Å². The van der Waals surface area contributed by atoms with E-state index in [1.165, 1.54) is 23.9 Å². The standard InChI is InChI=1S/C24H21N5O3S/c1-16-8-6-7-11-21(16)25-23(30)17(2)33-24-27-26-22(28(24)19-9-4-3-5-10-19)18-12-14-20(15-13-18)29(31)32/h3-15,17H,1-2H3,(H,25,30)/t17-/m1/s1. The molecule has 0 aliphatic heterocycles. The van der Waals surface area contributed by atoms with Gasteiger partial charge in [0.1, 0.15) is 0 Å². The van der Waals surface area contributed by atoms with Crippen LogP contribution in [0.3, 0.4) is 0 Å². The number of benzene rings is 3. The zero-order chi connectivity index (χ0) is 23.4. The number of nitrogens with zero attached hydrogens (tertiary/aromatic N) is 4. The predicted octanol–water partition coefficient (Wildman–Crippen LogP) is 5.27. The van der Waals surface area contributed by atoms with Crippen molar-refractivity contribution in [2.24, 2.45) is 0 Å². The van der Waals surface area contributed by atoms with Gasteiger partial charge in [-0.05, 0) is 49.7 Å². The maximum atomic E-state index is 12.8. The molecular weight excluding hydrogens is 438 g/mol. The molecule has 3 aromatic carbocycles. The summed E-state index contributed by atoms with van der Waals surface area (Å²) in [6.07, 6.45) is 0. The van der Waals surface area contributed by atoms with E-state index in [4.69, 9.17) is 0 Å². The Morgan fingerprint density at radius 1 is 1.00 bits per heavy atom. The van der Waals surface area contributed by atoms with E-state index in [1.807, 2.05) is 73.0 Å². The molecule has 1 aromatic heterocycles. The van der Waals surface area contributed by atoms with Crippen LogP contribution in [0.25, 0.3) is 17.1 Å². The third-order valence-corrected chi connectivity index (χ3v) is 6.08. The number of non-ortho nitro benzene ring substituents is 1. The largest absolute Gasteiger partial charge is 0.325 e. The smallest absolute Gasteiger partial charge is 0.269 e. The second-order valence-corrected chi connectivity index (χ2v) is 8.65. The van der Waals surface area contributed by atoms with Gasteiger partial charge in [0.15, 0.2) is 11.0 Å². The zero-order valence-corrected chi connectivity index (χ0v) is 18.8. The number of hydrogen-bond acceptors (Lipinski definition) is 6. The fourth-order valence-electron chi connectivity index (χ4n) is 3.23. The number of nitro groups is 1. The first-order chi connectivity index (χ1) is 15.9. The Kier molecular flexibility index (Phi) is 6.50. The van der Waals surface area contributed by atoms with Gasteiger partial charge in [0.25, 0.3) is 5.69 Å². The molecule has 8 nitrogen and oxygen atoms in total. The molecule has 4 aromatic rings. The van der Waals surface area contributed by atoms with Crippen LogP contribution in [-0.2, 0) is 4.79 Å². The predicted molar refractivity (Wildman–Crippen MR) is 129 cm³/mol. The summed E-state index contributed by atoms with van der Waals surface area (Å²) in [4.78, 5) is 23.4. The van der Waals surface area contributed by atoms with Gasteiger partial charge in [-0.3, -0.25) is 19.5 Å². The van der Waals surface area contributed by atoms with Crippen molar-refractivity contribution in [1.82, 2.24) is 14.8 Å². The minimum Gasteiger partial charge on any atom is -0.325 e. The van der Waals surface area contributed by atoms with Crippen LogP contribution in [0.2, 0.25) is 0 Å². The molecule has 166 valence electrons. The lowest BCUT2D eigenvalue weighted by molar-refractivity contribution is -0.384. The number of nitro benzene ring substituents is 1. The number of hydrogen-bond donors (Lipinski definition) is 1. The topological polar surface area (TPSA) is 103 Å². The van der Waals surface area contributed by atoms with Crippen molar-refractivity contribution in [1.29, 1.82) is 0 Å². The molecule has 0 saturated heterocycles. The summed E-state index contributed by atoms with van der Waals surface area (Å²) < 4.78 is 1.85. The minimum atomic E-state index is -0.444. The second-order valence-electron chi connectivity index (χ2n) is 7.35. The van der Waals surface area contributed by atoms with E-state index in [0.717, 1.165) is 16.9 Å². The van der Waals surface area contributed by atoms with Crippen molar-refractivity contribution in [3.8, 4) is 17.1 Å². The van der Waals surface area contributed by atoms with Gasteiger partial charge >= 0.3 is 0 Å². The van der Waals surface area contributed by atoms with Gasteiger partial charge in [-0.1, -0.05) is 48.2 Å². The first kappa shape index (κ1) is 22.2. The quantitative estimate of drug-likeness (QED) is 0.229. The van der Waals surface area contributed by atoms with E-state index >= 15 is 0 Å². The Balaban J connectivity index is 1.65. The molecule has 1 heterocycles. The van der Waals surface area contributed by atoms with Crippen LogP contribution in [-0.4, -0.2) is 30.8 Å². The van der Waals surface area contributed by atoms with Crippen LogP contribution in [0.5, 0.6) is 0 Å². The van der Waals surface area contributed by atoms with Gasteiger partial charge in [-0.2, -0.15) is 0 Å². The van der Waals surface area contributed by atoms with Crippen LogP contribution < -0.4 is 5.32 Å². The molecular formula is C24H21N5O3S. The van der Waals surface area contributed by atoms with Crippen molar-refractivity contribution in [2.75, 3.05) is 5.32 Å². The van der Waals surface area contributed by atoms with Gasteiger partial charge < -0.3 is 5.32 Å². The Morgan fingerprint density at radius 2 is 1.67 bits per heavy atom. The van der Waals surface area contributed by atoms with Crippen LogP contribution >= 0.6 is 11.8 Å². The Bertz CT molecular complexity index is 1290. The van der Waals surface area contributed by atoms with Gasteiger partial charge in [0.2, 0.25) is 5.91 Å². The number of para-hydroxylation sites is 2. The van der Waals surface area contributed by atoms with Crippen molar-refractivity contribution in [2.45, 2.75) is 24.3 Å². The normalized spacial score (nSPS) is 11.7. The summed E-state index contributed by atoms with van der Waals surface area (Å²) in [7, 11) is 0. The Morgan fingerprint density at radius 3 is 2.33 bits per heavy atom. The highest BCUT2D eigenvalue weighted by Crippen LogP contribution is 2.31. The number of rotatable bonds is 7. The molecule has 33 heavy (non-hydrogen) atoms. The molecule has 0 aliphatic rings. The summed E-state index contributed by atoms with van der Waals surface area (Å²) in [6.45, 7) is 3.75. The Labute approximate surface area is 194 Å². The molecule has 0 radical (unpaired) electrons. The van der Waals surface area contributed by atoms with Gasteiger partial charge in [-0.25, -0.2) is 0 Å². The average molecular weight is 460 g/mol. The highest BCUT2D eigenvalue weighted by Gasteiger charge is 2.22. The van der Waals surface area contributed by atoms with E-state index in [-0.39, 0.29) is 11.6 Å². The molecule has 9 heteroatoms. The lowest BCUT2D eigenvalue weighted by Gasteiger charge is -2.15. The summed E-state index contributed by atoms with van der Waals surface area (Å²) in [5.74, 6) is 0.388. The molecule has 0 spiro atoms. The highest BCUT2D eigenvalue weighted by atomic mass is 32.2. The van der Waals surface area contributed by atoms with Crippen molar-refractivity contribution in [3.05, 3.63) is 94.5 Å². The molecule has 0 bridgehead atoms. The van der Waals surface area contributed by atoms with Crippen molar-refractivity contribution in [3.63, 3.8) is 0 Å². The maximum absolute atomic E-state index is 12.8. The fourth-order valence-corrected chi connectivity index (χ4v) is 4.10. The van der Waals surface area contributed by atoms with E-state index < -0.39 is 10.2 Å². The van der Waals surface area contributed by atoms with E-state index in [0.29, 0.717) is 16.5 Å². The van der Waals surface area contributed by atoms with Gasteiger partial charge in [-0.15, -0.1) is 10.2 Å². The SMILES string of the molecule is Cc1ccccc1NC(=O)[C@@H](C)Sc1nnc(-c2ccc([N+](=O)[O-])cc2)n1-c1ccccc1.